The average molecular weight is 254 g/mol. The second kappa shape index (κ2) is 6.36. The summed E-state index contributed by atoms with van der Waals surface area (Å²) in [7, 11) is 2.19. The number of rotatable bonds is 4. The van der Waals surface area contributed by atoms with Gasteiger partial charge >= 0.3 is 0 Å². The third kappa shape index (κ3) is 3.46. The molecule has 0 bridgehead atoms. The van der Waals surface area contributed by atoms with Crippen molar-refractivity contribution in [3.05, 3.63) is 0 Å². The smallest absolute Gasteiger partial charge is 0.0700 e. The molecular weight excluding hydrogens is 224 g/mol. The van der Waals surface area contributed by atoms with E-state index in [0.717, 1.165) is 13.0 Å². The number of aliphatic hydroxyl groups is 1. The van der Waals surface area contributed by atoms with Crippen LogP contribution in [0.15, 0.2) is 0 Å². The maximum absolute atomic E-state index is 10.3. The Kier molecular flexibility index (Phi) is 5.05. The van der Waals surface area contributed by atoms with Crippen LogP contribution in [0.3, 0.4) is 0 Å². The molecule has 2 fully saturated rings. The minimum absolute atomic E-state index is 0.132. The quantitative estimate of drug-likeness (QED) is 0.829. The third-order valence-electron chi connectivity index (χ3n) is 4.87. The van der Waals surface area contributed by atoms with E-state index in [9.17, 15) is 5.11 Å². The predicted molar refractivity (Wildman–Crippen MR) is 75.7 cm³/mol. The van der Waals surface area contributed by atoms with Crippen LogP contribution in [0.4, 0.5) is 0 Å². The van der Waals surface area contributed by atoms with Gasteiger partial charge < -0.3 is 10.0 Å². The minimum atomic E-state index is -0.132. The standard InChI is InChI=1S/C15H30N2O/c1-12-10-13(2)15(14(18)11-12)16(3)8-9-17-6-4-5-7-17/h12-15,18H,4-11H2,1-3H3. The Labute approximate surface area is 112 Å². The van der Waals surface area contributed by atoms with E-state index in [4.69, 9.17) is 0 Å². The van der Waals surface area contributed by atoms with Gasteiger partial charge in [0.1, 0.15) is 0 Å². The van der Waals surface area contributed by atoms with Crippen LogP contribution in [0.5, 0.6) is 0 Å². The highest BCUT2D eigenvalue weighted by atomic mass is 16.3. The van der Waals surface area contributed by atoms with E-state index in [1.54, 1.807) is 0 Å². The van der Waals surface area contributed by atoms with Crippen LogP contribution >= 0.6 is 0 Å². The molecule has 106 valence electrons. The molecule has 0 aromatic heterocycles. The summed E-state index contributed by atoms with van der Waals surface area (Å²) in [5.74, 6) is 1.30. The first-order valence-electron chi connectivity index (χ1n) is 7.68. The molecule has 3 nitrogen and oxygen atoms in total. The lowest BCUT2D eigenvalue weighted by atomic mass is 9.77. The summed E-state index contributed by atoms with van der Waals surface area (Å²) in [4.78, 5) is 4.96. The topological polar surface area (TPSA) is 26.7 Å². The molecule has 0 amide bonds. The van der Waals surface area contributed by atoms with Gasteiger partial charge in [-0.2, -0.15) is 0 Å². The summed E-state index contributed by atoms with van der Waals surface area (Å²) in [6.07, 6.45) is 4.83. The van der Waals surface area contributed by atoms with Crippen molar-refractivity contribution < 1.29 is 5.11 Å². The Bertz CT molecular complexity index is 241. The van der Waals surface area contributed by atoms with Gasteiger partial charge in [0.15, 0.2) is 0 Å². The molecule has 0 spiro atoms. The average Bonchev–Trinajstić information content (AvgIpc) is 2.77. The van der Waals surface area contributed by atoms with Gasteiger partial charge in [0.05, 0.1) is 6.10 Å². The summed E-state index contributed by atoms with van der Waals surface area (Å²) in [5, 5.41) is 10.3. The van der Waals surface area contributed by atoms with Crippen LogP contribution in [0.25, 0.3) is 0 Å². The normalized spacial score (nSPS) is 38.5. The van der Waals surface area contributed by atoms with Crippen LogP contribution in [-0.2, 0) is 0 Å². The largest absolute Gasteiger partial charge is 0.391 e. The highest BCUT2D eigenvalue weighted by Gasteiger charge is 2.35. The lowest BCUT2D eigenvalue weighted by Crippen LogP contribution is -2.51. The Morgan fingerprint density at radius 2 is 1.83 bits per heavy atom. The monoisotopic (exact) mass is 254 g/mol. The molecule has 2 rings (SSSR count). The van der Waals surface area contributed by atoms with Gasteiger partial charge in [-0.05, 0) is 57.7 Å². The molecule has 0 aromatic carbocycles. The lowest BCUT2D eigenvalue weighted by molar-refractivity contribution is -0.0160. The van der Waals surface area contributed by atoms with Gasteiger partial charge in [-0.25, -0.2) is 0 Å². The van der Waals surface area contributed by atoms with Crippen molar-refractivity contribution in [1.82, 2.24) is 9.80 Å². The molecule has 18 heavy (non-hydrogen) atoms. The summed E-state index contributed by atoms with van der Waals surface area (Å²) in [5.41, 5.74) is 0. The number of aliphatic hydroxyl groups excluding tert-OH is 1. The maximum atomic E-state index is 10.3. The van der Waals surface area contributed by atoms with Gasteiger partial charge in [-0.3, -0.25) is 4.90 Å². The van der Waals surface area contributed by atoms with E-state index in [-0.39, 0.29) is 6.10 Å². The first kappa shape index (κ1) is 14.3. The number of likely N-dealkylation sites (N-methyl/N-ethyl adjacent to an activating group) is 1. The number of nitrogens with zero attached hydrogens (tertiary/aromatic N) is 2. The molecule has 1 N–H and O–H groups in total. The second-order valence-corrected chi connectivity index (χ2v) is 6.64. The van der Waals surface area contributed by atoms with Crippen LogP contribution in [-0.4, -0.2) is 60.3 Å². The molecule has 1 saturated heterocycles. The Morgan fingerprint density at radius 3 is 2.44 bits per heavy atom. The maximum Gasteiger partial charge on any atom is 0.0700 e. The van der Waals surface area contributed by atoms with Gasteiger partial charge in [0.25, 0.3) is 0 Å². The van der Waals surface area contributed by atoms with Crippen LogP contribution in [0, 0.1) is 11.8 Å². The fourth-order valence-electron chi connectivity index (χ4n) is 3.98. The molecule has 3 heteroatoms. The van der Waals surface area contributed by atoms with E-state index in [1.165, 1.54) is 38.9 Å². The van der Waals surface area contributed by atoms with Crippen molar-refractivity contribution in [2.45, 2.75) is 51.7 Å². The summed E-state index contributed by atoms with van der Waals surface area (Å²) < 4.78 is 0. The zero-order valence-corrected chi connectivity index (χ0v) is 12.3. The molecule has 0 aromatic rings. The van der Waals surface area contributed by atoms with E-state index < -0.39 is 0 Å². The number of hydrogen-bond donors (Lipinski definition) is 1. The molecule has 1 aliphatic heterocycles. The Hall–Kier alpha value is -0.120. The molecule has 1 saturated carbocycles. The highest BCUT2D eigenvalue weighted by Crippen LogP contribution is 2.31. The molecule has 0 radical (unpaired) electrons. The van der Waals surface area contributed by atoms with E-state index in [1.807, 2.05) is 0 Å². The van der Waals surface area contributed by atoms with Crippen molar-refractivity contribution in [1.29, 1.82) is 0 Å². The van der Waals surface area contributed by atoms with E-state index in [2.05, 4.69) is 30.7 Å². The predicted octanol–water partition coefficient (Wildman–Crippen LogP) is 1.81. The van der Waals surface area contributed by atoms with E-state index >= 15 is 0 Å². The Morgan fingerprint density at radius 1 is 1.17 bits per heavy atom. The molecule has 4 unspecified atom stereocenters. The Balaban J connectivity index is 1.81. The summed E-state index contributed by atoms with van der Waals surface area (Å²) in [6.45, 7) is 9.37. The SMILES string of the molecule is CC1CC(C)C(N(C)CCN2CCCC2)C(O)C1. The molecular formula is C15H30N2O. The van der Waals surface area contributed by atoms with Crippen molar-refractivity contribution in [2.24, 2.45) is 11.8 Å². The molecule has 1 heterocycles. The van der Waals surface area contributed by atoms with Crippen molar-refractivity contribution >= 4 is 0 Å². The second-order valence-electron chi connectivity index (χ2n) is 6.64. The van der Waals surface area contributed by atoms with Crippen molar-refractivity contribution in [3.8, 4) is 0 Å². The fourth-order valence-corrected chi connectivity index (χ4v) is 3.98. The van der Waals surface area contributed by atoms with Gasteiger partial charge in [0.2, 0.25) is 0 Å². The molecule has 2 aliphatic rings. The summed E-state index contributed by atoms with van der Waals surface area (Å²) >= 11 is 0. The minimum Gasteiger partial charge on any atom is -0.391 e. The highest BCUT2D eigenvalue weighted by molar-refractivity contribution is 4.89. The van der Waals surface area contributed by atoms with Crippen molar-refractivity contribution in [2.75, 3.05) is 33.2 Å². The van der Waals surface area contributed by atoms with Crippen LogP contribution in [0.2, 0.25) is 0 Å². The third-order valence-corrected chi connectivity index (χ3v) is 4.87. The van der Waals surface area contributed by atoms with Gasteiger partial charge in [-0.15, -0.1) is 0 Å². The number of likely N-dealkylation sites (tertiary alicyclic amines) is 1. The van der Waals surface area contributed by atoms with Crippen molar-refractivity contribution in [3.63, 3.8) is 0 Å². The van der Waals surface area contributed by atoms with Gasteiger partial charge in [-0.1, -0.05) is 13.8 Å². The number of hydrogen-bond acceptors (Lipinski definition) is 3. The zero-order valence-electron chi connectivity index (χ0n) is 12.3. The lowest BCUT2D eigenvalue weighted by Gasteiger charge is -2.42. The zero-order chi connectivity index (χ0) is 13.1. The molecule has 4 atom stereocenters. The van der Waals surface area contributed by atoms with Crippen LogP contribution in [0.1, 0.15) is 39.5 Å². The van der Waals surface area contributed by atoms with Crippen LogP contribution < -0.4 is 0 Å². The van der Waals surface area contributed by atoms with E-state index in [0.29, 0.717) is 17.9 Å². The first-order valence-corrected chi connectivity index (χ1v) is 7.68. The molecule has 1 aliphatic carbocycles. The first-order chi connectivity index (χ1) is 8.58. The summed E-state index contributed by atoms with van der Waals surface area (Å²) in [6, 6.07) is 0.365. The fraction of sp³-hybridized carbons (Fsp3) is 1.00. The van der Waals surface area contributed by atoms with Gasteiger partial charge in [0, 0.05) is 19.1 Å².